The minimum Gasteiger partial charge on any atom is -0.391 e. The molecule has 182 valence electrons. The molecule has 0 aromatic carbocycles. The third kappa shape index (κ3) is 3.45. The van der Waals surface area contributed by atoms with E-state index in [-0.39, 0.29) is 11.5 Å². The number of rotatable bonds is 2. The number of ether oxygens (including phenoxy) is 1. The van der Waals surface area contributed by atoms with Crippen LogP contribution >= 0.6 is 0 Å². The average Bonchev–Trinajstić information content (AvgIpc) is 3.10. The van der Waals surface area contributed by atoms with Crippen molar-refractivity contribution in [3.63, 3.8) is 0 Å². The first-order valence-corrected chi connectivity index (χ1v) is 14.2. The molecule has 6 rings (SSSR count). The van der Waals surface area contributed by atoms with E-state index in [1.165, 1.54) is 83.7 Å². The molecule has 0 spiro atoms. The van der Waals surface area contributed by atoms with Crippen molar-refractivity contribution in [1.29, 1.82) is 0 Å². The van der Waals surface area contributed by atoms with E-state index in [0.717, 1.165) is 56.0 Å². The maximum atomic E-state index is 11.6. The van der Waals surface area contributed by atoms with E-state index in [2.05, 4.69) is 23.6 Å². The summed E-state index contributed by atoms with van der Waals surface area (Å²) < 4.78 is 5.62. The number of morpholine rings is 1. The molecule has 0 amide bonds. The summed E-state index contributed by atoms with van der Waals surface area (Å²) in [4.78, 5) is 5.44. The number of aliphatic hydroxyl groups is 1. The quantitative estimate of drug-likeness (QED) is 0.678. The van der Waals surface area contributed by atoms with Crippen molar-refractivity contribution in [3.8, 4) is 0 Å². The van der Waals surface area contributed by atoms with Crippen molar-refractivity contribution in [3.05, 3.63) is 0 Å². The van der Waals surface area contributed by atoms with Crippen LogP contribution in [-0.4, -0.2) is 72.5 Å². The lowest BCUT2D eigenvalue weighted by molar-refractivity contribution is -0.131. The van der Waals surface area contributed by atoms with Gasteiger partial charge in [0.1, 0.15) is 0 Å². The van der Waals surface area contributed by atoms with Gasteiger partial charge in [0.15, 0.2) is 0 Å². The largest absolute Gasteiger partial charge is 0.391 e. The molecule has 0 unspecified atom stereocenters. The van der Waals surface area contributed by atoms with E-state index in [4.69, 9.17) is 4.74 Å². The van der Waals surface area contributed by atoms with Gasteiger partial charge in [-0.05, 0) is 112 Å². The van der Waals surface area contributed by atoms with Crippen molar-refractivity contribution < 1.29 is 9.84 Å². The molecular weight excluding hydrogens is 396 g/mol. The molecule has 0 radical (unpaired) electrons. The van der Waals surface area contributed by atoms with Gasteiger partial charge in [-0.1, -0.05) is 20.3 Å². The zero-order chi connectivity index (χ0) is 21.9. The Kier molecular flexibility index (Phi) is 5.93. The Morgan fingerprint density at radius 3 is 2.28 bits per heavy atom. The molecule has 1 N–H and O–H groups in total. The Balaban J connectivity index is 1.18. The molecule has 4 saturated carbocycles. The van der Waals surface area contributed by atoms with E-state index in [1.54, 1.807) is 0 Å². The fraction of sp³-hybridized carbons (Fsp3) is 1.00. The van der Waals surface area contributed by atoms with Gasteiger partial charge in [0.05, 0.1) is 19.3 Å². The summed E-state index contributed by atoms with van der Waals surface area (Å²) in [5.74, 6) is 3.41. The molecular formula is C28H48N2O2. The number of aliphatic hydroxyl groups excluding tert-OH is 1. The number of piperidine rings is 1. The highest BCUT2D eigenvalue weighted by Gasteiger charge is 2.62. The first kappa shape index (κ1) is 22.3. The van der Waals surface area contributed by atoms with Crippen molar-refractivity contribution in [1.82, 2.24) is 9.80 Å². The van der Waals surface area contributed by atoms with Gasteiger partial charge < -0.3 is 14.7 Å². The van der Waals surface area contributed by atoms with Gasteiger partial charge in [-0.3, -0.25) is 4.90 Å². The van der Waals surface area contributed by atoms with Crippen LogP contribution in [0.3, 0.4) is 0 Å². The van der Waals surface area contributed by atoms with Gasteiger partial charge in [0.25, 0.3) is 0 Å². The van der Waals surface area contributed by atoms with Crippen molar-refractivity contribution in [2.75, 3.05) is 39.4 Å². The fourth-order valence-corrected chi connectivity index (χ4v) is 10.1. The van der Waals surface area contributed by atoms with Crippen LogP contribution in [0.1, 0.15) is 84.5 Å². The van der Waals surface area contributed by atoms with Crippen LogP contribution in [0.15, 0.2) is 0 Å². The topological polar surface area (TPSA) is 35.9 Å². The van der Waals surface area contributed by atoms with Crippen LogP contribution in [0.25, 0.3) is 0 Å². The summed E-state index contributed by atoms with van der Waals surface area (Å²) in [5, 5.41) is 11.6. The van der Waals surface area contributed by atoms with Gasteiger partial charge in [-0.15, -0.1) is 0 Å². The molecule has 4 aliphatic carbocycles. The SMILES string of the molecule is C[C@]12CC[C@H](N3CCCCC3)C[C@@H]1CC[C@@H]1[C@@H]2CC[C@]2(C)[C@@H](O)[C@@H](N3CCOCC3)C[C@@H]12. The fourth-order valence-electron chi connectivity index (χ4n) is 10.1. The van der Waals surface area contributed by atoms with E-state index in [0.29, 0.717) is 11.5 Å². The number of likely N-dealkylation sites (tertiary alicyclic amines) is 1. The predicted octanol–water partition coefficient (Wildman–Crippen LogP) is 4.56. The summed E-state index contributed by atoms with van der Waals surface area (Å²) >= 11 is 0. The maximum Gasteiger partial charge on any atom is 0.0751 e. The number of nitrogens with zero attached hydrogens (tertiary/aromatic N) is 2. The summed E-state index contributed by atoms with van der Waals surface area (Å²) in [6.45, 7) is 11.6. The van der Waals surface area contributed by atoms with Crippen molar-refractivity contribution in [2.24, 2.45) is 34.5 Å². The minimum atomic E-state index is -0.146. The zero-order valence-corrected chi connectivity index (χ0v) is 20.8. The van der Waals surface area contributed by atoms with Crippen LogP contribution in [0.4, 0.5) is 0 Å². The van der Waals surface area contributed by atoms with Gasteiger partial charge in [0, 0.05) is 25.2 Å². The van der Waals surface area contributed by atoms with E-state index in [1.807, 2.05) is 0 Å². The minimum absolute atomic E-state index is 0.137. The number of hydrogen-bond donors (Lipinski definition) is 1. The van der Waals surface area contributed by atoms with Gasteiger partial charge in [-0.25, -0.2) is 0 Å². The highest BCUT2D eigenvalue weighted by molar-refractivity contribution is 5.13. The molecule has 6 fully saturated rings. The molecule has 0 aromatic heterocycles. The molecule has 2 aliphatic heterocycles. The van der Waals surface area contributed by atoms with Crippen LogP contribution < -0.4 is 0 Å². The first-order valence-electron chi connectivity index (χ1n) is 14.2. The lowest BCUT2D eigenvalue weighted by Gasteiger charge is -2.61. The molecule has 2 heterocycles. The number of fused-ring (bicyclic) bond motifs is 5. The van der Waals surface area contributed by atoms with Crippen LogP contribution in [0.2, 0.25) is 0 Å². The van der Waals surface area contributed by atoms with Crippen LogP contribution in [-0.2, 0) is 4.74 Å². The summed E-state index contributed by atoms with van der Waals surface area (Å²) in [7, 11) is 0. The second-order valence-electron chi connectivity index (χ2n) is 13.1. The highest BCUT2D eigenvalue weighted by Crippen LogP contribution is 2.66. The Bertz CT molecular complexity index is 674. The number of hydrogen-bond acceptors (Lipinski definition) is 4. The Hall–Kier alpha value is -0.160. The Morgan fingerprint density at radius 1 is 0.750 bits per heavy atom. The van der Waals surface area contributed by atoms with E-state index < -0.39 is 0 Å². The van der Waals surface area contributed by atoms with Crippen LogP contribution in [0, 0.1) is 34.5 Å². The lowest BCUT2D eigenvalue weighted by atomic mass is 9.45. The molecule has 0 bridgehead atoms. The molecule has 6 aliphatic rings. The van der Waals surface area contributed by atoms with E-state index >= 15 is 0 Å². The lowest BCUT2D eigenvalue weighted by Crippen LogP contribution is -2.56. The molecule has 4 nitrogen and oxygen atoms in total. The zero-order valence-electron chi connectivity index (χ0n) is 20.8. The summed E-state index contributed by atoms with van der Waals surface area (Å²) in [6.07, 6.45) is 15.3. The third-order valence-corrected chi connectivity index (χ3v) is 12.0. The Morgan fingerprint density at radius 2 is 1.50 bits per heavy atom. The Labute approximate surface area is 196 Å². The van der Waals surface area contributed by atoms with Crippen molar-refractivity contribution in [2.45, 2.75) is 103 Å². The summed E-state index contributed by atoms with van der Waals surface area (Å²) in [5.41, 5.74) is 0.691. The standard InChI is InChI=1S/C28H48N2O2/c1-27-10-8-21(29-12-4-3-5-13-29)18-20(27)6-7-22-23(27)9-11-28(2)24(22)19-25(26(28)31)30-14-16-32-17-15-30/h20-26,31H,3-19H2,1-2H3/t20-,21-,22+,23-,24-,25-,26-,27-,28-/m0/s1. The normalized spacial score (nSPS) is 52.8. The van der Waals surface area contributed by atoms with Gasteiger partial charge in [0.2, 0.25) is 0 Å². The van der Waals surface area contributed by atoms with Crippen molar-refractivity contribution >= 4 is 0 Å². The summed E-state index contributed by atoms with van der Waals surface area (Å²) in [6, 6.07) is 1.24. The molecule has 4 heteroatoms. The van der Waals surface area contributed by atoms with E-state index in [9.17, 15) is 5.11 Å². The van der Waals surface area contributed by atoms with Gasteiger partial charge in [-0.2, -0.15) is 0 Å². The van der Waals surface area contributed by atoms with Crippen LogP contribution in [0.5, 0.6) is 0 Å². The third-order valence-electron chi connectivity index (χ3n) is 12.0. The monoisotopic (exact) mass is 444 g/mol. The predicted molar refractivity (Wildman–Crippen MR) is 129 cm³/mol. The smallest absolute Gasteiger partial charge is 0.0751 e. The van der Waals surface area contributed by atoms with Gasteiger partial charge >= 0.3 is 0 Å². The molecule has 9 atom stereocenters. The molecule has 32 heavy (non-hydrogen) atoms. The molecule has 0 aromatic rings. The molecule has 2 saturated heterocycles. The second kappa shape index (κ2) is 8.50. The average molecular weight is 445 g/mol. The maximum absolute atomic E-state index is 11.6. The second-order valence-corrected chi connectivity index (χ2v) is 13.1. The highest BCUT2D eigenvalue weighted by atomic mass is 16.5. The first-order chi connectivity index (χ1) is 15.5.